The largest absolute Gasteiger partial charge is 0.506 e. The summed E-state index contributed by atoms with van der Waals surface area (Å²) in [6.07, 6.45) is 4.70. The lowest BCUT2D eigenvalue weighted by molar-refractivity contribution is 0.234. The van der Waals surface area contributed by atoms with Gasteiger partial charge in [0.2, 0.25) is 5.56 Å². The lowest BCUT2D eigenvalue weighted by Crippen LogP contribution is -2.32. The van der Waals surface area contributed by atoms with E-state index in [-0.39, 0.29) is 36.4 Å². The molecule has 1 fully saturated rings. The molecule has 0 spiro atoms. The number of aliphatic hydroxyl groups excluding tert-OH is 1. The van der Waals surface area contributed by atoms with Gasteiger partial charge in [0.15, 0.2) is 0 Å². The molecule has 5 nitrogen and oxygen atoms in total. The van der Waals surface area contributed by atoms with E-state index >= 15 is 0 Å². The fraction of sp³-hybridized carbons (Fsp3) is 0.438. The molecule has 0 bridgehead atoms. The molecular weight excluding hydrogens is 304 g/mol. The van der Waals surface area contributed by atoms with Crippen LogP contribution < -0.4 is 10.9 Å². The number of H-pyrrole nitrogens is 1. The highest BCUT2D eigenvalue weighted by atomic mass is 35.5. The average Bonchev–Trinajstić information content (AvgIpc) is 2.99. The molecular formula is C16H21ClN2O3. The third-order valence-corrected chi connectivity index (χ3v) is 4.26. The highest BCUT2D eigenvalue weighted by Crippen LogP contribution is 2.30. The minimum Gasteiger partial charge on any atom is -0.506 e. The van der Waals surface area contributed by atoms with Crippen molar-refractivity contribution in [2.45, 2.75) is 37.8 Å². The molecule has 120 valence electrons. The van der Waals surface area contributed by atoms with Crippen LogP contribution in [-0.2, 0) is 0 Å². The van der Waals surface area contributed by atoms with Crippen molar-refractivity contribution in [3.8, 4) is 5.75 Å². The molecule has 1 unspecified atom stereocenters. The summed E-state index contributed by atoms with van der Waals surface area (Å²) >= 11 is 0. The Morgan fingerprint density at radius 3 is 2.64 bits per heavy atom. The molecule has 0 amide bonds. The fourth-order valence-electron chi connectivity index (χ4n) is 3.18. The van der Waals surface area contributed by atoms with Gasteiger partial charge in [-0.25, -0.2) is 0 Å². The SMILES string of the molecule is Cl.O=c1ccc2c(C(CO)NC3CCCC3)ccc(O)c2[nH]1. The quantitative estimate of drug-likeness (QED) is 0.694. The number of aliphatic hydroxyl groups is 1. The summed E-state index contributed by atoms with van der Waals surface area (Å²) in [5.74, 6) is 0.0454. The second-order valence-electron chi connectivity index (χ2n) is 5.67. The van der Waals surface area contributed by atoms with E-state index in [1.165, 1.54) is 18.9 Å². The molecule has 1 aromatic heterocycles. The number of fused-ring (bicyclic) bond motifs is 1. The summed E-state index contributed by atoms with van der Waals surface area (Å²) in [7, 11) is 0. The number of rotatable bonds is 4. The number of hydrogen-bond acceptors (Lipinski definition) is 4. The van der Waals surface area contributed by atoms with E-state index in [0.29, 0.717) is 11.6 Å². The molecule has 1 heterocycles. The normalized spacial score (nSPS) is 16.6. The van der Waals surface area contributed by atoms with Gasteiger partial charge >= 0.3 is 0 Å². The Kier molecular flexibility index (Phi) is 5.45. The molecule has 22 heavy (non-hydrogen) atoms. The number of pyridine rings is 1. The summed E-state index contributed by atoms with van der Waals surface area (Å²) in [6, 6.07) is 6.74. The maximum absolute atomic E-state index is 11.4. The summed E-state index contributed by atoms with van der Waals surface area (Å²) in [5, 5.41) is 23.9. The van der Waals surface area contributed by atoms with Crippen molar-refractivity contribution in [1.82, 2.24) is 10.3 Å². The van der Waals surface area contributed by atoms with Gasteiger partial charge < -0.3 is 20.5 Å². The van der Waals surface area contributed by atoms with Gasteiger partial charge in [-0.15, -0.1) is 12.4 Å². The Morgan fingerprint density at radius 2 is 1.95 bits per heavy atom. The Balaban J connectivity index is 0.00000176. The first kappa shape index (κ1) is 16.8. The van der Waals surface area contributed by atoms with E-state index in [4.69, 9.17) is 0 Å². The van der Waals surface area contributed by atoms with Crippen LogP contribution in [0.4, 0.5) is 0 Å². The van der Waals surface area contributed by atoms with Crippen molar-refractivity contribution >= 4 is 23.3 Å². The van der Waals surface area contributed by atoms with Gasteiger partial charge in [-0.1, -0.05) is 18.9 Å². The number of aromatic amines is 1. The Bertz CT molecular complexity index is 695. The smallest absolute Gasteiger partial charge is 0.248 e. The average molecular weight is 325 g/mol. The molecule has 1 atom stereocenters. The van der Waals surface area contributed by atoms with E-state index in [1.807, 2.05) is 0 Å². The van der Waals surface area contributed by atoms with E-state index < -0.39 is 0 Å². The van der Waals surface area contributed by atoms with Gasteiger partial charge in [0.05, 0.1) is 18.2 Å². The predicted octanol–water partition coefficient (Wildman–Crippen LogP) is 2.22. The first-order chi connectivity index (χ1) is 10.2. The molecule has 6 heteroatoms. The maximum atomic E-state index is 11.4. The van der Waals surface area contributed by atoms with Gasteiger partial charge in [-0.2, -0.15) is 0 Å². The van der Waals surface area contributed by atoms with Crippen molar-refractivity contribution < 1.29 is 10.2 Å². The summed E-state index contributed by atoms with van der Waals surface area (Å²) in [6.45, 7) is -0.0184. The van der Waals surface area contributed by atoms with E-state index in [1.54, 1.807) is 18.2 Å². The standard InChI is InChI=1S/C16H20N2O3.ClH/c19-9-13(17-10-3-1-2-4-10)11-5-7-14(20)16-12(11)6-8-15(21)18-16;/h5-8,10,13,17,19-20H,1-4,9H2,(H,18,21);1H. The molecule has 2 aromatic rings. The lowest BCUT2D eigenvalue weighted by Gasteiger charge is -2.23. The van der Waals surface area contributed by atoms with Gasteiger partial charge in [-0.3, -0.25) is 4.79 Å². The molecule has 1 aromatic carbocycles. The van der Waals surface area contributed by atoms with E-state index in [2.05, 4.69) is 10.3 Å². The molecule has 3 rings (SSSR count). The maximum Gasteiger partial charge on any atom is 0.248 e. The molecule has 0 radical (unpaired) electrons. The van der Waals surface area contributed by atoms with Crippen LogP contribution in [0.5, 0.6) is 5.75 Å². The van der Waals surface area contributed by atoms with Crippen LogP contribution in [0.25, 0.3) is 10.9 Å². The van der Waals surface area contributed by atoms with Crippen LogP contribution in [0.3, 0.4) is 0 Å². The first-order valence-electron chi connectivity index (χ1n) is 7.41. The van der Waals surface area contributed by atoms with Crippen molar-refractivity contribution in [1.29, 1.82) is 0 Å². The summed E-state index contributed by atoms with van der Waals surface area (Å²) < 4.78 is 0. The van der Waals surface area contributed by atoms with Gasteiger partial charge in [0.25, 0.3) is 0 Å². The van der Waals surface area contributed by atoms with Crippen LogP contribution >= 0.6 is 12.4 Å². The van der Waals surface area contributed by atoms with Crippen molar-refractivity contribution in [3.63, 3.8) is 0 Å². The van der Waals surface area contributed by atoms with Crippen molar-refractivity contribution in [2.24, 2.45) is 0 Å². The van der Waals surface area contributed by atoms with Crippen LogP contribution in [0, 0.1) is 0 Å². The molecule has 1 saturated carbocycles. The van der Waals surface area contributed by atoms with Gasteiger partial charge in [0.1, 0.15) is 5.75 Å². The number of phenols is 1. The van der Waals surface area contributed by atoms with Crippen LogP contribution in [0.15, 0.2) is 29.1 Å². The zero-order valence-electron chi connectivity index (χ0n) is 12.2. The second kappa shape index (κ2) is 7.13. The Morgan fingerprint density at radius 1 is 1.23 bits per heavy atom. The summed E-state index contributed by atoms with van der Waals surface area (Å²) in [5.41, 5.74) is 1.07. The third kappa shape index (κ3) is 3.27. The monoisotopic (exact) mass is 324 g/mol. The number of aromatic hydroxyl groups is 1. The number of nitrogens with one attached hydrogen (secondary N) is 2. The topological polar surface area (TPSA) is 85.3 Å². The number of halogens is 1. The molecule has 0 saturated heterocycles. The minimum atomic E-state index is -0.251. The highest BCUT2D eigenvalue weighted by molar-refractivity contribution is 5.87. The zero-order valence-corrected chi connectivity index (χ0v) is 13.0. The van der Waals surface area contributed by atoms with Gasteiger partial charge in [-0.05, 0) is 30.5 Å². The Labute approximate surface area is 134 Å². The number of aromatic nitrogens is 1. The van der Waals surface area contributed by atoms with E-state index in [9.17, 15) is 15.0 Å². The zero-order chi connectivity index (χ0) is 14.8. The number of benzene rings is 1. The van der Waals surface area contributed by atoms with Crippen molar-refractivity contribution in [3.05, 3.63) is 40.2 Å². The van der Waals surface area contributed by atoms with Crippen LogP contribution in [-0.4, -0.2) is 27.8 Å². The lowest BCUT2D eigenvalue weighted by atomic mass is 10.00. The molecule has 1 aliphatic carbocycles. The Hall–Kier alpha value is -1.56. The number of hydrogen-bond donors (Lipinski definition) is 4. The van der Waals surface area contributed by atoms with Crippen molar-refractivity contribution in [2.75, 3.05) is 6.61 Å². The summed E-state index contributed by atoms with van der Waals surface area (Å²) in [4.78, 5) is 14.1. The molecule has 0 aliphatic heterocycles. The van der Waals surface area contributed by atoms with Gasteiger partial charge in [0, 0.05) is 17.5 Å². The minimum absolute atomic E-state index is 0. The molecule has 4 N–H and O–H groups in total. The van der Waals surface area contributed by atoms with Crippen LogP contribution in [0.1, 0.15) is 37.3 Å². The molecule has 1 aliphatic rings. The van der Waals surface area contributed by atoms with Crippen LogP contribution in [0.2, 0.25) is 0 Å². The first-order valence-corrected chi connectivity index (χ1v) is 7.41. The number of phenolic OH excluding ortho intramolecular Hbond substituents is 1. The highest BCUT2D eigenvalue weighted by Gasteiger charge is 2.21. The fourth-order valence-corrected chi connectivity index (χ4v) is 3.18. The van der Waals surface area contributed by atoms with E-state index in [0.717, 1.165) is 23.8 Å². The third-order valence-electron chi connectivity index (χ3n) is 4.26. The second-order valence-corrected chi connectivity index (χ2v) is 5.67. The predicted molar refractivity (Wildman–Crippen MR) is 88.7 cm³/mol.